The number of amides is 1. The molecule has 0 saturated carbocycles. The third-order valence-corrected chi connectivity index (χ3v) is 8.07. The van der Waals surface area contributed by atoms with Gasteiger partial charge in [-0.05, 0) is 81.3 Å². The molecule has 1 saturated heterocycles. The largest absolute Gasteiger partial charge is 0.497 e. The summed E-state index contributed by atoms with van der Waals surface area (Å²) in [5.41, 5.74) is 2.54. The zero-order valence-electron chi connectivity index (χ0n) is 22.8. The first-order chi connectivity index (χ1) is 16.8. The highest BCUT2D eigenvalue weighted by atomic mass is 16.5. The third-order valence-electron chi connectivity index (χ3n) is 8.07. The molecule has 1 amide bonds. The quantitative estimate of drug-likeness (QED) is 0.442. The summed E-state index contributed by atoms with van der Waals surface area (Å²) in [7, 11) is 6.13. The molecule has 0 aliphatic carbocycles. The van der Waals surface area contributed by atoms with E-state index in [9.17, 15) is 4.79 Å². The standard InChI is InChI=1S/C31H46N2O2/c1-24(2)22-27-12-10-19-31(32(4)5,28-13-8-7-9-14-28)20-11-21-33(30(34)25(27)3)23-26-15-17-29(35-6)18-16-26/h7-9,13-18,24-25,27H,10-12,19-23H2,1-6H3/t25?,27?,31-/m1/s1. The maximum Gasteiger partial charge on any atom is 0.225 e. The minimum absolute atomic E-state index is 0.00789. The average Bonchev–Trinajstić information content (AvgIpc) is 2.87. The molecule has 1 aliphatic heterocycles. The molecule has 192 valence electrons. The lowest BCUT2D eigenvalue weighted by Gasteiger charge is -2.41. The second-order valence-electron chi connectivity index (χ2n) is 11.1. The van der Waals surface area contributed by atoms with Crippen LogP contribution in [0.25, 0.3) is 0 Å². The van der Waals surface area contributed by atoms with Crippen LogP contribution in [0, 0.1) is 17.8 Å². The van der Waals surface area contributed by atoms with E-state index in [4.69, 9.17) is 4.74 Å². The second kappa shape index (κ2) is 12.6. The molecule has 4 heteroatoms. The number of hydrogen-bond donors (Lipinski definition) is 0. The lowest BCUT2D eigenvalue weighted by molar-refractivity contribution is -0.137. The van der Waals surface area contributed by atoms with Crippen molar-refractivity contribution in [1.29, 1.82) is 0 Å². The maximum absolute atomic E-state index is 13.9. The Morgan fingerprint density at radius 3 is 2.29 bits per heavy atom. The third kappa shape index (κ3) is 6.88. The smallest absolute Gasteiger partial charge is 0.225 e. The summed E-state index contributed by atoms with van der Waals surface area (Å²) < 4.78 is 5.33. The number of benzene rings is 2. The van der Waals surface area contributed by atoms with Gasteiger partial charge in [0, 0.05) is 24.5 Å². The molecule has 0 aromatic heterocycles. The Hall–Kier alpha value is -2.33. The normalized spacial score (nSPS) is 24.5. The van der Waals surface area contributed by atoms with Crippen molar-refractivity contribution in [3.05, 3.63) is 65.7 Å². The van der Waals surface area contributed by atoms with Crippen molar-refractivity contribution in [3.63, 3.8) is 0 Å². The molecule has 1 fully saturated rings. The molecule has 1 heterocycles. The van der Waals surface area contributed by atoms with Gasteiger partial charge in [-0.2, -0.15) is 0 Å². The number of carbonyl (C=O) groups excluding carboxylic acids is 1. The van der Waals surface area contributed by atoms with Gasteiger partial charge in [0.15, 0.2) is 0 Å². The Labute approximate surface area is 213 Å². The highest BCUT2D eigenvalue weighted by molar-refractivity contribution is 5.78. The fourth-order valence-corrected chi connectivity index (χ4v) is 5.97. The van der Waals surface area contributed by atoms with Crippen molar-refractivity contribution < 1.29 is 9.53 Å². The van der Waals surface area contributed by atoms with Gasteiger partial charge in [-0.25, -0.2) is 0 Å². The van der Waals surface area contributed by atoms with Crippen LogP contribution in [0.15, 0.2) is 54.6 Å². The molecule has 2 unspecified atom stereocenters. The summed E-state index contributed by atoms with van der Waals surface area (Å²) in [4.78, 5) is 18.4. The van der Waals surface area contributed by atoms with Gasteiger partial charge < -0.3 is 9.64 Å². The number of hydrogen-bond acceptors (Lipinski definition) is 3. The first kappa shape index (κ1) is 27.3. The summed E-state index contributed by atoms with van der Waals surface area (Å²) in [5.74, 6) is 2.20. The van der Waals surface area contributed by atoms with Gasteiger partial charge in [-0.1, -0.05) is 69.7 Å². The fraction of sp³-hybridized carbons (Fsp3) is 0.581. The predicted molar refractivity (Wildman–Crippen MR) is 145 cm³/mol. The lowest BCUT2D eigenvalue weighted by atomic mass is 9.77. The highest BCUT2D eigenvalue weighted by Crippen LogP contribution is 2.39. The topological polar surface area (TPSA) is 32.8 Å². The van der Waals surface area contributed by atoms with Crippen molar-refractivity contribution in [2.45, 2.75) is 71.4 Å². The molecule has 3 atom stereocenters. The summed E-state index contributed by atoms with van der Waals surface area (Å²) >= 11 is 0. The molecule has 0 radical (unpaired) electrons. The van der Waals surface area contributed by atoms with Crippen molar-refractivity contribution in [2.24, 2.45) is 17.8 Å². The van der Waals surface area contributed by atoms with E-state index in [1.807, 2.05) is 12.1 Å². The van der Waals surface area contributed by atoms with E-state index in [1.54, 1.807) is 7.11 Å². The molecule has 0 bridgehead atoms. The van der Waals surface area contributed by atoms with Crippen molar-refractivity contribution in [3.8, 4) is 5.75 Å². The number of rotatable bonds is 7. The first-order valence-electron chi connectivity index (χ1n) is 13.4. The molecule has 0 N–H and O–H groups in total. The van der Waals surface area contributed by atoms with Crippen molar-refractivity contribution in [2.75, 3.05) is 27.7 Å². The molecule has 0 spiro atoms. The van der Waals surface area contributed by atoms with E-state index in [-0.39, 0.29) is 11.5 Å². The zero-order chi connectivity index (χ0) is 25.4. The minimum Gasteiger partial charge on any atom is -0.497 e. The maximum atomic E-state index is 13.9. The van der Waals surface area contributed by atoms with E-state index in [2.05, 4.69) is 87.1 Å². The Morgan fingerprint density at radius 2 is 1.69 bits per heavy atom. The predicted octanol–water partition coefficient (Wildman–Crippen LogP) is 6.74. The number of nitrogens with zero attached hydrogens (tertiary/aromatic N) is 2. The van der Waals surface area contributed by atoms with E-state index in [0.29, 0.717) is 24.3 Å². The summed E-state index contributed by atoms with van der Waals surface area (Å²) in [5, 5.41) is 0. The molecular formula is C31H46N2O2. The SMILES string of the molecule is COc1ccc(CN2CCC[C@](c3ccccc3)(N(C)C)CCCC(CC(C)C)C(C)C2=O)cc1. The van der Waals surface area contributed by atoms with Crippen LogP contribution in [0.2, 0.25) is 0 Å². The zero-order valence-corrected chi connectivity index (χ0v) is 22.8. The Bertz CT molecular complexity index is 909. The van der Waals surface area contributed by atoms with Gasteiger partial charge in [-0.3, -0.25) is 9.69 Å². The van der Waals surface area contributed by atoms with Gasteiger partial charge in [0.2, 0.25) is 5.91 Å². The highest BCUT2D eigenvalue weighted by Gasteiger charge is 2.36. The van der Waals surface area contributed by atoms with Crippen LogP contribution in [0.4, 0.5) is 0 Å². The molecule has 4 nitrogen and oxygen atoms in total. The van der Waals surface area contributed by atoms with E-state index in [1.165, 1.54) is 5.56 Å². The number of carbonyl (C=O) groups is 1. The summed E-state index contributed by atoms with van der Waals surface area (Å²) in [6, 6.07) is 19.1. The molecule has 1 aliphatic rings. The van der Waals surface area contributed by atoms with Crippen LogP contribution in [0.3, 0.4) is 0 Å². The van der Waals surface area contributed by atoms with Crippen LogP contribution in [0.5, 0.6) is 5.75 Å². The molecular weight excluding hydrogens is 432 g/mol. The minimum atomic E-state index is -0.00789. The number of methoxy groups -OCH3 is 1. The van der Waals surface area contributed by atoms with Gasteiger partial charge in [0.05, 0.1) is 7.11 Å². The monoisotopic (exact) mass is 478 g/mol. The first-order valence-corrected chi connectivity index (χ1v) is 13.4. The molecule has 2 aromatic rings. The average molecular weight is 479 g/mol. The van der Waals surface area contributed by atoms with Crippen molar-refractivity contribution in [1.82, 2.24) is 9.80 Å². The van der Waals surface area contributed by atoms with Crippen molar-refractivity contribution >= 4 is 5.91 Å². The van der Waals surface area contributed by atoms with Crippen LogP contribution >= 0.6 is 0 Å². The van der Waals surface area contributed by atoms with Crippen LogP contribution in [0.1, 0.15) is 70.4 Å². The Balaban J connectivity index is 1.92. The summed E-state index contributed by atoms with van der Waals surface area (Å²) in [6.07, 6.45) is 6.49. The Morgan fingerprint density at radius 1 is 1.03 bits per heavy atom. The van der Waals surface area contributed by atoms with E-state index >= 15 is 0 Å². The van der Waals surface area contributed by atoms with E-state index in [0.717, 1.165) is 56.4 Å². The van der Waals surface area contributed by atoms with Gasteiger partial charge in [0.25, 0.3) is 0 Å². The van der Waals surface area contributed by atoms with E-state index < -0.39 is 0 Å². The summed E-state index contributed by atoms with van der Waals surface area (Å²) in [6.45, 7) is 8.18. The molecule has 2 aromatic carbocycles. The van der Waals surface area contributed by atoms with Crippen LogP contribution in [-0.2, 0) is 16.9 Å². The lowest BCUT2D eigenvalue weighted by Crippen LogP contribution is -2.42. The van der Waals surface area contributed by atoms with Crippen LogP contribution in [-0.4, -0.2) is 43.5 Å². The van der Waals surface area contributed by atoms with Gasteiger partial charge in [-0.15, -0.1) is 0 Å². The van der Waals surface area contributed by atoms with Gasteiger partial charge in [0.1, 0.15) is 5.75 Å². The number of ether oxygens (including phenoxy) is 1. The van der Waals surface area contributed by atoms with Crippen LogP contribution < -0.4 is 4.74 Å². The molecule has 35 heavy (non-hydrogen) atoms. The Kier molecular flexibility index (Phi) is 9.80. The fourth-order valence-electron chi connectivity index (χ4n) is 5.97. The molecule has 3 rings (SSSR count). The second-order valence-corrected chi connectivity index (χ2v) is 11.1. The van der Waals surface area contributed by atoms with Gasteiger partial charge >= 0.3 is 0 Å².